The molecule has 5 aromatic rings. The van der Waals surface area contributed by atoms with Crippen LogP contribution in [0.4, 0.5) is 24.7 Å². The van der Waals surface area contributed by atoms with Crippen LogP contribution in [0.25, 0.3) is 21.1 Å². The standard InChI is InChI=1S/C37H36F3N7OS/c1-3-34(48)44-27-6-4-5-23(13-27)25-14-28(15-25)47-29(19-41)16-31-22(2)24(7-8-33(31)47)20-46-11-9-26(10-12-46)45-35-32-17-30(18-37(38,39)40)49-36(32)43-21-42-35/h3-8,13,16-17,21,25-26,28H,1,9-12,14-15,18,20H2,2H3,(H,44,48)(H,42,43,45). The van der Waals surface area contributed by atoms with Crippen LogP contribution in [0.1, 0.15) is 64.9 Å². The summed E-state index contributed by atoms with van der Waals surface area (Å²) >= 11 is 1.06. The summed E-state index contributed by atoms with van der Waals surface area (Å²) in [5.41, 5.74) is 6.11. The van der Waals surface area contributed by atoms with Crippen molar-refractivity contribution in [1.29, 1.82) is 5.26 Å². The van der Waals surface area contributed by atoms with Crippen molar-refractivity contribution in [1.82, 2.24) is 19.4 Å². The van der Waals surface area contributed by atoms with Gasteiger partial charge in [-0.1, -0.05) is 24.8 Å². The summed E-state index contributed by atoms with van der Waals surface area (Å²) in [6, 6.07) is 18.7. The molecule has 12 heteroatoms. The van der Waals surface area contributed by atoms with Crippen molar-refractivity contribution in [2.24, 2.45) is 0 Å². The van der Waals surface area contributed by atoms with E-state index in [1.165, 1.54) is 29.1 Å². The first-order chi connectivity index (χ1) is 23.6. The molecule has 1 aliphatic carbocycles. The fraction of sp³-hybridized carbons (Fsp3) is 0.351. The highest BCUT2D eigenvalue weighted by Crippen LogP contribution is 2.47. The number of rotatable bonds is 9. The van der Waals surface area contributed by atoms with E-state index in [4.69, 9.17) is 0 Å². The maximum Gasteiger partial charge on any atom is 0.393 e. The number of anilines is 2. The number of amides is 1. The second-order valence-corrected chi connectivity index (χ2v) is 14.2. The van der Waals surface area contributed by atoms with E-state index in [1.54, 1.807) is 6.07 Å². The summed E-state index contributed by atoms with van der Waals surface area (Å²) in [5, 5.41) is 18.1. The van der Waals surface area contributed by atoms with Gasteiger partial charge in [0.2, 0.25) is 5.91 Å². The summed E-state index contributed by atoms with van der Waals surface area (Å²) < 4.78 is 41.1. The van der Waals surface area contributed by atoms with Crippen LogP contribution in [0, 0.1) is 18.3 Å². The molecule has 1 saturated carbocycles. The lowest BCUT2D eigenvalue weighted by molar-refractivity contribution is -0.126. The Labute approximate surface area is 286 Å². The average molecular weight is 684 g/mol. The van der Waals surface area contributed by atoms with Crippen molar-refractivity contribution in [2.75, 3.05) is 23.7 Å². The van der Waals surface area contributed by atoms with Gasteiger partial charge in [-0.05, 0) is 91.6 Å². The molecule has 252 valence electrons. The largest absolute Gasteiger partial charge is 0.393 e. The predicted molar refractivity (Wildman–Crippen MR) is 187 cm³/mol. The van der Waals surface area contributed by atoms with Crippen LogP contribution in [0.3, 0.4) is 0 Å². The number of hydrogen-bond donors (Lipinski definition) is 2. The molecule has 0 radical (unpaired) electrons. The highest BCUT2D eigenvalue weighted by Gasteiger charge is 2.34. The Morgan fingerprint density at radius 3 is 2.65 bits per heavy atom. The Morgan fingerprint density at radius 1 is 1.12 bits per heavy atom. The number of aryl methyl sites for hydroxylation is 1. The number of piperidine rings is 1. The molecule has 0 atom stereocenters. The minimum atomic E-state index is -4.26. The maximum absolute atomic E-state index is 13.0. The lowest BCUT2D eigenvalue weighted by atomic mass is 9.75. The van der Waals surface area contributed by atoms with Crippen molar-refractivity contribution in [3.63, 3.8) is 0 Å². The summed E-state index contributed by atoms with van der Waals surface area (Å²) in [7, 11) is 0. The number of aromatic nitrogens is 3. The number of nitrogens with one attached hydrogen (secondary N) is 2. The summed E-state index contributed by atoms with van der Waals surface area (Å²) in [4.78, 5) is 23.5. The zero-order chi connectivity index (χ0) is 34.3. The zero-order valence-electron chi connectivity index (χ0n) is 27.1. The number of nitriles is 1. The third-order valence-corrected chi connectivity index (χ3v) is 10.9. The van der Waals surface area contributed by atoms with E-state index in [0.717, 1.165) is 73.2 Å². The normalized spacial score (nSPS) is 18.7. The third-order valence-electron chi connectivity index (χ3n) is 9.89. The summed E-state index contributed by atoms with van der Waals surface area (Å²) in [5.74, 6) is 0.711. The van der Waals surface area contributed by atoms with E-state index in [9.17, 15) is 23.2 Å². The number of halogens is 3. The average Bonchev–Trinajstić information content (AvgIpc) is 3.63. The smallest absolute Gasteiger partial charge is 0.367 e. The Hall–Kier alpha value is -4.73. The van der Waals surface area contributed by atoms with Gasteiger partial charge in [0.25, 0.3) is 0 Å². The van der Waals surface area contributed by atoms with Crippen LogP contribution < -0.4 is 10.6 Å². The van der Waals surface area contributed by atoms with E-state index in [2.05, 4.69) is 67.8 Å². The molecule has 2 N–H and O–H groups in total. The minimum Gasteiger partial charge on any atom is -0.367 e. The minimum absolute atomic E-state index is 0.163. The highest BCUT2D eigenvalue weighted by atomic mass is 32.1. The molecule has 3 aromatic heterocycles. The highest BCUT2D eigenvalue weighted by molar-refractivity contribution is 7.18. The molecule has 4 heterocycles. The number of alkyl halides is 3. The van der Waals surface area contributed by atoms with Gasteiger partial charge >= 0.3 is 6.18 Å². The fourth-order valence-electron chi connectivity index (χ4n) is 7.25. The molecular weight excluding hydrogens is 648 g/mol. The molecule has 49 heavy (non-hydrogen) atoms. The van der Waals surface area contributed by atoms with Gasteiger partial charge < -0.3 is 15.2 Å². The SMILES string of the molecule is C=CC(=O)Nc1cccc(C2CC(n3c(C#N)cc4c(C)c(CN5CCC(Nc6ncnc7sc(CC(F)(F)F)cc67)CC5)ccc43)C2)c1. The first kappa shape index (κ1) is 32.8. The topological polar surface area (TPSA) is 98.9 Å². The van der Waals surface area contributed by atoms with Crippen molar-refractivity contribution < 1.29 is 18.0 Å². The predicted octanol–water partition coefficient (Wildman–Crippen LogP) is 8.25. The Bertz CT molecular complexity index is 2080. The maximum atomic E-state index is 13.0. The van der Waals surface area contributed by atoms with Gasteiger partial charge in [0.1, 0.15) is 28.7 Å². The van der Waals surface area contributed by atoms with Gasteiger partial charge in [-0.2, -0.15) is 18.4 Å². The number of carbonyl (C=O) groups is 1. The summed E-state index contributed by atoms with van der Waals surface area (Å²) in [6.07, 6.45) is 1.05. The van der Waals surface area contributed by atoms with E-state index in [1.807, 2.05) is 24.3 Å². The number of nitrogens with zero attached hydrogens (tertiary/aromatic N) is 5. The van der Waals surface area contributed by atoms with E-state index in [-0.39, 0.29) is 22.9 Å². The molecule has 2 aromatic carbocycles. The van der Waals surface area contributed by atoms with Crippen molar-refractivity contribution in [3.05, 3.63) is 94.8 Å². The van der Waals surface area contributed by atoms with E-state index in [0.29, 0.717) is 27.6 Å². The van der Waals surface area contributed by atoms with Gasteiger partial charge in [0.15, 0.2) is 0 Å². The van der Waals surface area contributed by atoms with E-state index >= 15 is 0 Å². The Morgan fingerprint density at radius 2 is 1.92 bits per heavy atom. The van der Waals surface area contributed by atoms with Crippen LogP contribution in [0.5, 0.6) is 0 Å². The molecule has 0 unspecified atom stereocenters. The second-order valence-electron chi connectivity index (χ2n) is 13.1. The number of likely N-dealkylation sites (tertiary alicyclic amines) is 1. The molecule has 7 rings (SSSR count). The molecule has 0 spiro atoms. The van der Waals surface area contributed by atoms with Crippen LogP contribution in [-0.2, 0) is 17.8 Å². The van der Waals surface area contributed by atoms with Crippen LogP contribution in [-0.4, -0.2) is 50.6 Å². The second kappa shape index (κ2) is 13.3. The van der Waals surface area contributed by atoms with Crippen molar-refractivity contribution in [3.8, 4) is 6.07 Å². The summed E-state index contributed by atoms with van der Waals surface area (Å²) in [6.45, 7) is 8.21. The molecule has 8 nitrogen and oxygen atoms in total. The van der Waals surface area contributed by atoms with Crippen LogP contribution >= 0.6 is 11.3 Å². The lowest BCUT2D eigenvalue weighted by Crippen LogP contribution is -2.39. The molecular formula is C37H36F3N7OS. The monoisotopic (exact) mass is 683 g/mol. The molecule has 1 aliphatic heterocycles. The van der Waals surface area contributed by atoms with E-state index < -0.39 is 12.6 Å². The quantitative estimate of drug-likeness (QED) is 0.152. The first-order valence-electron chi connectivity index (χ1n) is 16.4. The van der Waals surface area contributed by atoms with Crippen molar-refractivity contribution in [2.45, 2.75) is 69.8 Å². The fourth-order valence-corrected chi connectivity index (χ4v) is 8.27. The van der Waals surface area contributed by atoms with Gasteiger partial charge in [0, 0.05) is 53.2 Å². The molecule has 2 fully saturated rings. The number of hydrogen-bond acceptors (Lipinski definition) is 7. The molecule has 1 saturated heterocycles. The Kier molecular flexibility index (Phi) is 8.90. The number of thiophene rings is 1. The lowest BCUT2D eigenvalue weighted by Gasteiger charge is -2.38. The molecule has 2 aliphatic rings. The number of fused-ring (bicyclic) bond motifs is 2. The third kappa shape index (κ3) is 6.91. The molecule has 0 bridgehead atoms. The number of benzene rings is 2. The van der Waals surface area contributed by atoms with Crippen LogP contribution in [0.15, 0.2) is 67.5 Å². The van der Waals surface area contributed by atoms with Crippen molar-refractivity contribution >= 4 is 49.9 Å². The first-order valence-corrected chi connectivity index (χ1v) is 17.3. The number of carbonyl (C=O) groups excluding carboxylic acids is 1. The molecule has 1 amide bonds. The zero-order valence-corrected chi connectivity index (χ0v) is 27.9. The van der Waals surface area contributed by atoms with Gasteiger partial charge in [0.05, 0.1) is 11.8 Å². The van der Waals surface area contributed by atoms with Gasteiger partial charge in [-0.3, -0.25) is 9.69 Å². The Balaban J connectivity index is 0.991. The van der Waals surface area contributed by atoms with Crippen LogP contribution in [0.2, 0.25) is 0 Å². The van der Waals surface area contributed by atoms with Gasteiger partial charge in [-0.15, -0.1) is 11.3 Å². The van der Waals surface area contributed by atoms with Gasteiger partial charge in [-0.25, -0.2) is 9.97 Å².